The van der Waals surface area contributed by atoms with Crippen molar-refractivity contribution in [2.45, 2.75) is 6.92 Å². The molecule has 0 saturated carbocycles. The first kappa shape index (κ1) is 22.6. The van der Waals surface area contributed by atoms with Gasteiger partial charge in [-0.05, 0) is 55.0 Å². The summed E-state index contributed by atoms with van der Waals surface area (Å²) in [6.07, 6.45) is 2.92. The maximum Gasteiger partial charge on any atom is 0.335 e. The molecule has 4 amide bonds. The van der Waals surface area contributed by atoms with Crippen LogP contribution >= 0.6 is 27.5 Å². The van der Waals surface area contributed by atoms with E-state index in [2.05, 4.69) is 27.8 Å². The lowest BCUT2D eigenvalue weighted by Gasteiger charge is -2.26. The summed E-state index contributed by atoms with van der Waals surface area (Å²) < 4.78 is 11.9. The summed E-state index contributed by atoms with van der Waals surface area (Å²) in [6.45, 7) is 5.98. The standard InChI is InChI=1S/C22H18BrClN2O5/c1-3-9-31-19-17(24)11-13(12-18(19)30-4-2)10-16-20(27)25-22(29)26(21(16)28)15-7-5-14(23)6-8-15/h3,5-8,10-12H,1,4,9H2,2H3,(H,25,27,29)/b16-10+. The molecule has 0 bridgehead atoms. The molecule has 160 valence electrons. The SMILES string of the molecule is C=CCOc1c(Cl)cc(/C=C2\C(=O)NC(=O)N(c3ccc(Br)cc3)C2=O)cc1OCC. The highest BCUT2D eigenvalue weighted by Crippen LogP contribution is 2.37. The lowest BCUT2D eigenvalue weighted by Crippen LogP contribution is -2.54. The molecular weight excluding hydrogens is 488 g/mol. The van der Waals surface area contributed by atoms with Crippen molar-refractivity contribution in [2.24, 2.45) is 0 Å². The lowest BCUT2D eigenvalue weighted by molar-refractivity contribution is -0.122. The van der Waals surface area contributed by atoms with Crippen molar-refractivity contribution in [3.63, 3.8) is 0 Å². The van der Waals surface area contributed by atoms with Crippen LogP contribution < -0.4 is 19.7 Å². The number of benzene rings is 2. The summed E-state index contributed by atoms with van der Waals surface area (Å²) in [5.74, 6) is -0.869. The van der Waals surface area contributed by atoms with Gasteiger partial charge < -0.3 is 9.47 Å². The first-order valence-corrected chi connectivity index (χ1v) is 10.4. The Hall–Kier alpha value is -3.10. The van der Waals surface area contributed by atoms with Crippen molar-refractivity contribution in [3.8, 4) is 11.5 Å². The molecule has 0 unspecified atom stereocenters. The van der Waals surface area contributed by atoms with Gasteiger partial charge in [0.15, 0.2) is 11.5 Å². The molecular formula is C22H18BrClN2O5. The van der Waals surface area contributed by atoms with E-state index in [9.17, 15) is 14.4 Å². The summed E-state index contributed by atoms with van der Waals surface area (Å²) in [7, 11) is 0. The van der Waals surface area contributed by atoms with Crippen molar-refractivity contribution in [3.05, 3.63) is 69.7 Å². The molecule has 1 fully saturated rings. The third-order valence-corrected chi connectivity index (χ3v) is 4.98. The molecule has 1 aliphatic rings. The number of nitrogens with one attached hydrogen (secondary N) is 1. The zero-order valence-corrected chi connectivity index (χ0v) is 18.8. The average Bonchev–Trinajstić information content (AvgIpc) is 2.72. The third kappa shape index (κ3) is 4.98. The number of nitrogens with zero attached hydrogens (tertiary/aromatic N) is 1. The second-order valence-electron chi connectivity index (χ2n) is 6.30. The number of carbonyl (C=O) groups is 3. The van der Waals surface area contributed by atoms with Crippen molar-refractivity contribution >= 4 is 57.1 Å². The number of imide groups is 2. The van der Waals surface area contributed by atoms with Crippen LogP contribution in [0, 0.1) is 0 Å². The summed E-state index contributed by atoms with van der Waals surface area (Å²) >= 11 is 9.64. The normalized spacial score (nSPS) is 15.1. The fourth-order valence-corrected chi connectivity index (χ4v) is 3.40. The van der Waals surface area contributed by atoms with Gasteiger partial charge in [0.2, 0.25) is 0 Å². The third-order valence-electron chi connectivity index (χ3n) is 4.17. The highest BCUT2D eigenvalue weighted by molar-refractivity contribution is 9.10. The van der Waals surface area contributed by atoms with E-state index in [4.69, 9.17) is 21.1 Å². The molecule has 0 aromatic heterocycles. The van der Waals surface area contributed by atoms with Crippen molar-refractivity contribution in [2.75, 3.05) is 18.1 Å². The molecule has 0 atom stereocenters. The van der Waals surface area contributed by atoms with Crippen molar-refractivity contribution < 1.29 is 23.9 Å². The number of carbonyl (C=O) groups excluding carboxylic acids is 3. The monoisotopic (exact) mass is 504 g/mol. The number of anilines is 1. The lowest BCUT2D eigenvalue weighted by atomic mass is 10.1. The summed E-state index contributed by atoms with van der Waals surface area (Å²) in [4.78, 5) is 38.6. The number of hydrogen-bond acceptors (Lipinski definition) is 5. The zero-order chi connectivity index (χ0) is 22.5. The minimum atomic E-state index is -0.823. The van der Waals surface area contributed by atoms with E-state index in [0.29, 0.717) is 29.4 Å². The molecule has 2 aromatic carbocycles. The molecule has 9 heteroatoms. The van der Waals surface area contributed by atoms with E-state index in [1.807, 2.05) is 0 Å². The molecule has 0 radical (unpaired) electrons. The van der Waals surface area contributed by atoms with Gasteiger partial charge in [0.25, 0.3) is 11.8 Å². The average molecular weight is 506 g/mol. The Morgan fingerprint density at radius 1 is 1.16 bits per heavy atom. The zero-order valence-electron chi connectivity index (χ0n) is 16.5. The van der Waals surface area contributed by atoms with Gasteiger partial charge in [-0.25, -0.2) is 9.69 Å². The summed E-state index contributed by atoms with van der Waals surface area (Å²) in [6, 6.07) is 8.86. The van der Waals surface area contributed by atoms with E-state index in [0.717, 1.165) is 9.37 Å². The smallest absolute Gasteiger partial charge is 0.335 e. The Bertz CT molecular complexity index is 1080. The van der Waals surface area contributed by atoms with Crippen LogP contribution in [-0.4, -0.2) is 31.1 Å². The second kappa shape index (κ2) is 9.80. The van der Waals surface area contributed by atoms with Crippen LogP contribution in [0.4, 0.5) is 10.5 Å². The molecule has 1 aliphatic heterocycles. The fourth-order valence-electron chi connectivity index (χ4n) is 2.87. The summed E-state index contributed by atoms with van der Waals surface area (Å²) in [5, 5.41) is 2.42. The number of hydrogen-bond donors (Lipinski definition) is 1. The van der Waals surface area contributed by atoms with Gasteiger partial charge in [0.1, 0.15) is 12.2 Å². The van der Waals surface area contributed by atoms with Gasteiger partial charge in [-0.3, -0.25) is 14.9 Å². The fraction of sp³-hybridized carbons (Fsp3) is 0.136. The number of ether oxygens (including phenoxy) is 2. The molecule has 1 saturated heterocycles. The summed E-state index contributed by atoms with van der Waals surface area (Å²) in [5.41, 5.74) is 0.536. The van der Waals surface area contributed by atoms with E-state index < -0.39 is 17.8 Å². The maximum atomic E-state index is 13.0. The van der Waals surface area contributed by atoms with Crippen LogP contribution in [0.25, 0.3) is 6.08 Å². The van der Waals surface area contributed by atoms with Gasteiger partial charge >= 0.3 is 6.03 Å². The first-order valence-electron chi connectivity index (χ1n) is 9.22. The highest BCUT2D eigenvalue weighted by Gasteiger charge is 2.36. The number of amides is 4. The molecule has 31 heavy (non-hydrogen) atoms. The second-order valence-corrected chi connectivity index (χ2v) is 7.62. The number of halogens is 2. The van der Waals surface area contributed by atoms with Crippen LogP contribution in [0.2, 0.25) is 5.02 Å². The minimum absolute atomic E-state index is 0.221. The molecule has 0 aliphatic carbocycles. The van der Waals surface area contributed by atoms with Gasteiger partial charge in [-0.1, -0.05) is 40.2 Å². The quantitative estimate of drug-likeness (QED) is 0.334. The van der Waals surface area contributed by atoms with Crippen LogP contribution in [0.5, 0.6) is 11.5 Å². The Morgan fingerprint density at radius 3 is 2.52 bits per heavy atom. The van der Waals surface area contributed by atoms with Crippen molar-refractivity contribution in [1.82, 2.24) is 5.32 Å². The number of barbiturate groups is 1. The molecule has 1 N–H and O–H groups in total. The van der Waals surface area contributed by atoms with Gasteiger partial charge in [0, 0.05) is 4.47 Å². The van der Waals surface area contributed by atoms with Crippen LogP contribution in [0.1, 0.15) is 12.5 Å². The van der Waals surface area contributed by atoms with E-state index in [1.165, 1.54) is 12.1 Å². The predicted octanol–water partition coefficient (Wildman–Crippen LogP) is 4.73. The van der Waals surface area contributed by atoms with Gasteiger partial charge in [0.05, 0.1) is 17.3 Å². The first-order chi connectivity index (χ1) is 14.8. The predicted molar refractivity (Wildman–Crippen MR) is 121 cm³/mol. The van der Waals surface area contributed by atoms with E-state index in [-0.39, 0.29) is 17.2 Å². The van der Waals surface area contributed by atoms with Gasteiger partial charge in [-0.2, -0.15) is 0 Å². The molecule has 3 rings (SSSR count). The Morgan fingerprint density at radius 2 is 1.87 bits per heavy atom. The Labute approximate surface area is 192 Å². The van der Waals surface area contributed by atoms with Crippen molar-refractivity contribution in [1.29, 1.82) is 0 Å². The minimum Gasteiger partial charge on any atom is -0.490 e. The number of urea groups is 1. The molecule has 7 nitrogen and oxygen atoms in total. The Balaban J connectivity index is 2.01. The highest BCUT2D eigenvalue weighted by atomic mass is 79.9. The topological polar surface area (TPSA) is 84.9 Å². The molecule has 0 spiro atoms. The van der Waals surface area contributed by atoms with E-state index >= 15 is 0 Å². The number of rotatable bonds is 7. The van der Waals surface area contributed by atoms with Crippen LogP contribution in [0.15, 0.2) is 59.1 Å². The van der Waals surface area contributed by atoms with Crippen LogP contribution in [-0.2, 0) is 9.59 Å². The maximum absolute atomic E-state index is 13.0. The van der Waals surface area contributed by atoms with Crippen LogP contribution in [0.3, 0.4) is 0 Å². The molecule has 1 heterocycles. The largest absolute Gasteiger partial charge is 0.490 e. The van der Waals surface area contributed by atoms with Gasteiger partial charge in [-0.15, -0.1) is 0 Å². The molecule has 2 aromatic rings. The Kier molecular flexibility index (Phi) is 7.14. The van der Waals surface area contributed by atoms with E-state index in [1.54, 1.807) is 43.3 Å².